The van der Waals surface area contributed by atoms with E-state index in [1.807, 2.05) is 0 Å². The second-order valence-electron chi connectivity index (χ2n) is 5.88. The summed E-state index contributed by atoms with van der Waals surface area (Å²) in [5, 5.41) is 5.02. The lowest BCUT2D eigenvalue weighted by Crippen LogP contribution is -2.37. The molecule has 10 heteroatoms. The van der Waals surface area contributed by atoms with Crippen LogP contribution in [-0.4, -0.2) is 32.4 Å². The van der Waals surface area contributed by atoms with Gasteiger partial charge in [-0.3, -0.25) is 9.59 Å². The minimum atomic E-state index is -1.29. The largest absolute Gasteiger partial charge is 0.483 e. The van der Waals surface area contributed by atoms with Crippen molar-refractivity contribution in [2.45, 2.75) is 19.1 Å². The van der Waals surface area contributed by atoms with Crippen LogP contribution in [0.2, 0.25) is 15.1 Å². The Balaban J connectivity index is 0.00000300. The van der Waals surface area contributed by atoms with E-state index in [0.717, 1.165) is 0 Å². The molecule has 0 bridgehead atoms. The van der Waals surface area contributed by atoms with Gasteiger partial charge in [0.2, 0.25) is 5.78 Å². The summed E-state index contributed by atoms with van der Waals surface area (Å²) in [5.41, 5.74) is 0.151. The zero-order valence-corrected chi connectivity index (χ0v) is 18.0. The Morgan fingerprint density at radius 2 is 1.69 bits per heavy atom. The van der Waals surface area contributed by atoms with Crippen molar-refractivity contribution in [2.75, 3.05) is 0 Å². The first-order valence-electron chi connectivity index (χ1n) is 8.16. The van der Waals surface area contributed by atoms with E-state index >= 15 is 0 Å². The van der Waals surface area contributed by atoms with E-state index < -0.39 is 23.7 Å². The fourth-order valence-electron chi connectivity index (χ4n) is 2.56. The normalized spacial score (nSPS) is 12.6. The number of nitrogens with zero attached hydrogens (tertiary/aromatic N) is 3. The average Bonchev–Trinajstić information content (AvgIpc) is 3.17. The van der Waals surface area contributed by atoms with E-state index in [-0.39, 0.29) is 23.0 Å². The number of hydrogen-bond donors (Lipinski definition) is 0. The molecule has 0 spiro atoms. The van der Waals surface area contributed by atoms with Crippen molar-refractivity contribution < 1.29 is 14.3 Å². The van der Waals surface area contributed by atoms with Crippen LogP contribution in [0.15, 0.2) is 55.1 Å². The number of Topliss-reactive ketones (excluding diaryl/α,β-unsaturated/α-hetero) is 2. The predicted octanol–water partition coefficient (Wildman–Crippen LogP) is 5.12. The highest BCUT2D eigenvalue weighted by atomic mass is 35.5. The standard InChI is InChI=1S/C19H14Cl3N3O3.ClH/c1-11(28-14-5-2-12(20)3-6-14)18(26)17(25-10-23-9-24-25)19(27)15-7-4-13(21)8-16(15)22;/h2-11,17H,1H3;1H. The number of aromatic nitrogens is 3. The summed E-state index contributed by atoms with van der Waals surface area (Å²) in [4.78, 5) is 30.0. The zero-order valence-electron chi connectivity index (χ0n) is 15.0. The monoisotopic (exact) mass is 473 g/mol. The first-order chi connectivity index (χ1) is 13.4. The lowest BCUT2D eigenvalue weighted by molar-refractivity contribution is -0.127. The lowest BCUT2D eigenvalue weighted by Gasteiger charge is -2.20. The Morgan fingerprint density at radius 1 is 1.03 bits per heavy atom. The van der Waals surface area contributed by atoms with Crippen molar-refractivity contribution in [3.05, 3.63) is 75.8 Å². The highest BCUT2D eigenvalue weighted by Gasteiger charge is 2.35. The molecule has 0 fully saturated rings. The van der Waals surface area contributed by atoms with Crippen molar-refractivity contribution >= 4 is 58.8 Å². The van der Waals surface area contributed by atoms with Gasteiger partial charge in [-0.05, 0) is 49.4 Å². The quantitative estimate of drug-likeness (QED) is 0.351. The summed E-state index contributed by atoms with van der Waals surface area (Å²) in [5.74, 6) is -0.597. The molecule has 1 heterocycles. The van der Waals surface area contributed by atoms with Gasteiger partial charge in [-0.15, -0.1) is 12.4 Å². The van der Waals surface area contributed by atoms with Crippen molar-refractivity contribution in [2.24, 2.45) is 0 Å². The van der Waals surface area contributed by atoms with E-state index in [9.17, 15) is 9.59 Å². The third kappa shape index (κ3) is 5.48. The third-order valence-corrected chi connectivity index (χ3v) is 4.74. The highest BCUT2D eigenvalue weighted by Crippen LogP contribution is 2.26. The maximum Gasteiger partial charge on any atom is 0.205 e. The smallest absolute Gasteiger partial charge is 0.205 e. The fourth-order valence-corrected chi connectivity index (χ4v) is 3.19. The number of halogens is 4. The number of carbonyl (C=O) groups is 2. The van der Waals surface area contributed by atoms with Crippen LogP contribution in [0.3, 0.4) is 0 Å². The molecule has 0 N–H and O–H groups in total. The Hall–Kier alpha value is -2.12. The molecule has 6 nitrogen and oxygen atoms in total. The molecule has 2 atom stereocenters. The number of hydrogen-bond acceptors (Lipinski definition) is 5. The third-order valence-electron chi connectivity index (χ3n) is 3.94. The fraction of sp³-hybridized carbons (Fsp3) is 0.158. The molecule has 3 rings (SSSR count). The van der Waals surface area contributed by atoms with Gasteiger partial charge in [-0.1, -0.05) is 34.8 Å². The second kappa shape index (κ2) is 10.1. The molecule has 0 radical (unpaired) electrons. The number of ether oxygens (including phenoxy) is 1. The summed E-state index contributed by atoms with van der Waals surface area (Å²) in [6.45, 7) is 1.55. The molecule has 2 unspecified atom stereocenters. The zero-order chi connectivity index (χ0) is 20.3. The van der Waals surface area contributed by atoms with Gasteiger partial charge in [0.25, 0.3) is 0 Å². The lowest BCUT2D eigenvalue weighted by atomic mass is 9.98. The van der Waals surface area contributed by atoms with E-state index in [1.165, 1.54) is 35.5 Å². The highest BCUT2D eigenvalue weighted by molar-refractivity contribution is 6.37. The summed E-state index contributed by atoms with van der Waals surface area (Å²) in [6, 6.07) is 9.69. The van der Waals surface area contributed by atoms with Crippen LogP contribution in [-0.2, 0) is 4.79 Å². The Labute approximate surface area is 188 Å². The average molecular weight is 475 g/mol. The van der Waals surface area contributed by atoms with Crippen LogP contribution in [0.5, 0.6) is 5.75 Å². The van der Waals surface area contributed by atoms with Gasteiger partial charge in [-0.25, -0.2) is 9.67 Å². The summed E-state index contributed by atoms with van der Waals surface area (Å²) in [6.07, 6.45) is 1.59. The molecule has 0 aliphatic heterocycles. The number of ketones is 2. The van der Waals surface area contributed by atoms with Gasteiger partial charge in [0.05, 0.1) is 5.02 Å². The molecule has 0 saturated carbocycles. The van der Waals surface area contributed by atoms with Gasteiger partial charge >= 0.3 is 0 Å². The van der Waals surface area contributed by atoms with Crippen molar-refractivity contribution in [1.82, 2.24) is 14.8 Å². The number of benzene rings is 2. The predicted molar refractivity (Wildman–Crippen MR) is 114 cm³/mol. The molecule has 29 heavy (non-hydrogen) atoms. The molecule has 3 aromatic rings. The Kier molecular flexibility index (Phi) is 8.05. The van der Waals surface area contributed by atoms with Crippen molar-refractivity contribution in [1.29, 1.82) is 0 Å². The van der Waals surface area contributed by atoms with E-state index in [1.54, 1.807) is 31.2 Å². The van der Waals surface area contributed by atoms with Crippen LogP contribution in [0.1, 0.15) is 23.3 Å². The van der Waals surface area contributed by atoms with Gasteiger partial charge in [0.15, 0.2) is 17.9 Å². The molecular formula is C19H15Cl4N3O3. The second-order valence-corrected chi connectivity index (χ2v) is 7.16. The van der Waals surface area contributed by atoms with Gasteiger partial charge < -0.3 is 4.74 Å². The minimum absolute atomic E-state index is 0. The van der Waals surface area contributed by atoms with Crippen LogP contribution in [0.4, 0.5) is 0 Å². The van der Waals surface area contributed by atoms with E-state index in [4.69, 9.17) is 39.5 Å². The molecule has 0 aliphatic carbocycles. The van der Waals surface area contributed by atoms with Crippen LogP contribution in [0.25, 0.3) is 0 Å². The van der Waals surface area contributed by atoms with Crippen LogP contribution >= 0.6 is 47.2 Å². The summed E-state index contributed by atoms with van der Waals surface area (Å²) >= 11 is 17.9. The van der Waals surface area contributed by atoms with Gasteiger partial charge in [0.1, 0.15) is 18.4 Å². The maximum atomic E-state index is 13.1. The molecule has 0 amide bonds. The molecule has 2 aromatic carbocycles. The molecular weight excluding hydrogens is 460 g/mol. The molecule has 0 aliphatic rings. The topological polar surface area (TPSA) is 74.1 Å². The van der Waals surface area contributed by atoms with E-state index in [0.29, 0.717) is 15.8 Å². The number of rotatable bonds is 7. The minimum Gasteiger partial charge on any atom is -0.483 e. The van der Waals surface area contributed by atoms with Crippen molar-refractivity contribution in [3.8, 4) is 5.75 Å². The van der Waals surface area contributed by atoms with Crippen LogP contribution in [0, 0.1) is 0 Å². The maximum absolute atomic E-state index is 13.1. The van der Waals surface area contributed by atoms with Crippen LogP contribution < -0.4 is 4.74 Å². The van der Waals surface area contributed by atoms with E-state index in [2.05, 4.69) is 10.1 Å². The first-order valence-corrected chi connectivity index (χ1v) is 9.29. The molecule has 152 valence electrons. The molecule has 1 aromatic heterocycles. The van der Waals surface area contributed by atoms with Gasteiger partial charge in [0, 0.05) is 15.6 Å². The summed E-state index contributed by atoms with van der Waals surface area (Å²) in [7, 11) is 0. The number of carbonyl (C=O) groups excluding carboxylic acids is 2. The molecule has 0 saturated heterocycles. The SMILES string of the molecule is CC(Oc1ccc(Cl)cc1)C(=O)C(C(=O)c1ccc(Cl)cc1Cl)n1cncn1.Cl. The van der Waals surface area contributed by atoms with Crippen molar-refractivity contribution in [3.63, 3.8) is 0 Å². The summed E-state index contributed by atoms with van der Waals surface area (Å²) < 4.78 is 6.85. The van der Waals surface area contributed by atoms with Gasteiger partial charge in [-0.2, -0.15) is 5.10 Å². The Morgan fingerprint density at radius 3 is 2.28 bits per heavy atom. The Bertz CT molecular complexity index is 994. The first kappa shape index (κ1) is 23.2.